The molecule has 0 saturated heterocycles. The summed E-state index contributed by atoms with van der Waals surface area (Å²) in [5.41, 5.74) is 0.433. The number of hydrogen-bond acceptors (Lipinski definition) is 9. The van der Waals surface area contributed by atoms with E-state index in [0.717, 1.165) is 0 Å². The fraction of sp³-hybridized carbons (Fsp3) is 0.0625. The number of aromatic nitrogens is 2. The van der Waals surface area contributed by atoms with Crippen molar-refractivity contribution in [3.05, 3.63) is 64.4 Å². The molecule has 28 heavy (non-hydrogen) atoms. The number of methoxy groups -OCH3 is 1. The van der Waals surface area contributed by atoms with Crippen molar-refractivity contribution < 1.29 is 22.5 Å². The van der Waals surface area contributed by atoms with Gasteiger partial charge in [0.05, 0.1) is 30.0 Å². The molecule has 0 aliphatic heterocycles. The van der Waals surface area contributed by atoms with Crippen molar-refractivity contribution in [1.82, 2.24) is 10.2 Å². The summed E-state index contributed by atoms with van der Waals surface area (Å²) in [6.45, 7) is 0. The molecule has 0 bridgehead atoms. The van der Waals surface area contributed by atoms with Gasteiger partial charge < -0.3 is 9.15 Å². The average Bonchev–Trinajstić information content (AvgIpc) is 3.16. The fourth-order valence-electron chi connectivity index (χ4n) is 2.04. The molecule has 1 N–H and O–H groups in total. The molecular formula is C16H13N5O6S. The van der Waals surface area contributed by atoms with Gasteiger partial charge in [0.1, 0.15) is 4.92 Å². The van der Waals surface area contributed by atoms with E-state index in [4.69, 9.17) is 9.15 Å². The number of benzene rings is 1. The molecule has 0 fully saturated rings. The maximum atomic E-state index is 12.4. The molecule has 0 amide bonds. The number of anilines is 1. The maximum absolute atomic E-state index is 12.4. The van der Waals surface area contributed by atoms with Crippen LogP contribution in [0.15, 0.2) is 62.8 Å². The number of nitrogens with zero attached hydrogens (tertiary/aromatic N) is 4. The first-order chi connectivity index (χ1) is 13.4. The van der Waals surface area contributed by atoms with Crippen molar-refractivity contribution >= 4 is 33.6 Å². The molecule has 2 aromatic heterocycles. The molecular weight excluding hydrogens is 390 g/mol. The molecule has 2 heterocycles. The predicted octanol–water partition coefficient (Wildman–Crippen LogP) is 2.54. The van der Waals surface area contributed by atoms with E-state index in [1.165, 1.54) is 61.9 Å². The number of nitrogens with one attached hydrogen (secondary N) is 1. The van der Waals surface area contributed by atoms with E-state index in [1.54, 1.807) is 0 Å². The van der Waals surface area contributed by atoms with Crippen molar-refractivity contribution in [2.24, 2.45) is 4.99 Å². The molecule has 0 aliphatic carbocycles. The number of hydrogen-bond donors (Lipinski definition) is 1. The van der Waals surface area contributed by atoms with Gasteiger partial charge in [-0.25, -0.2) is 8.42 Å². The number of nitro groups is 1. The van der Waals surface area contributed by atoms with Gasteiger partial charge in [-0.1, -0.05) is 0 Å². The van der Waals surface area contributed by atoms with Crippen LogP contribution in [-0.4, -0.2) is 36.9 Å². The quantitative estimate of drug-likeness (QED) is 0.359. The van der Waals surface area contributed by atoms with Gasteiger partial charge in [-0.05, 0) is 36.4 Å². The van der Waals surface area contributed by atoms with E-state index in [2.05, 4.69) is 19.9 Å². The number of sulfonamides is 1. The van der Waals surface area contributed by atoms with Gasteiger partial charge in [0.15, 0.2) is 11.6 Å². The monoisotopic (exact) mass is 403 g/mol. The van der Waals surface area contributed by atoms with Crippen LogP contribution in [-0.2, 0) is 10.0 Å². The summed E-state index contributed by atoms with van der Waals surface area (Å²) in [6.07, 6.45) is 1.29. The highest BCUT2D eigenvalue weighted by Crippen LogP contribution is 2.20. The third kappa shape index (κ3) is 4.48. The highest BCUT2D eigenvalue weighted by molar-refractivity contribution is 7.92. The minimum atomic E-state index is -3.86. The number of ether oxygens (including phenoxy) is 1. The first kappa shape index (κ1) is 19.0. The lowest BCUT2D eigenvalue weighted by Gasteiger charge is -2.07. The summed E-state index contributed by atoms with van der Waals surface area (Å²) in [5.74, 6) is 0.105. The summed E-state index contributed by atoms with van der Waals surface area (Å²) < 4.78 is 36.9. The maximum Gasteiger partial charge on any atom is 0.433 e. The fourth-order valence-corrected chi connectivity index (χ4v) is 3.04. The Morgan fingerprint density at radius 3 is 2.46 bits per heavy atom. The van der Waals surface area contributed by atoms with Crippen molar-refractivity contribution in [3.63, 3.8) is 0 Å². The molecule has 0 radical (unpaired) electrons. The lowest BCUT2D eigenvalue weighted by Crippen LogP contribution is -2.14. The Labute approximate surface area is 158 Å². The van der Waals surface area contributed by atoms with E-state index in [-0.39, 0.29) is 22.4 Å². The van der Waals surface area contributed by atoms with Crippen LogP contribution in [0, 0.1) is 10.1 Å². The average molecular weight is 403 g/mol. The Morgan fingerprint density at radius 1 is 1.14 bits per heavy atom. The molecule has 0 aliphatic rings. The Kier molecular flexibility index (Phi) is 5.31. The zero-order valence-electron chi connectivity index (χ0n) is 14.3. The van der Waals surface area contributed by atoms with Crippen LogP contribution in [0.4, 0.5) is 17.4 Å². The molecule has 3 aromatic rings. The second-order valence-corrected chi connectivity index (χ2v) is 6.93. The van der Waals surface area contributed by atoms with Gasteiger partial charge in [0.2, 0.25) is 5.88 Å². The van der Waals surface area contributed by atoms with Crippen molar-refractivity contribution in [2.75, 3.05) is 11.8 Å². The van der Waals surface area contributed by atoms with Crippen LogP contribution in [0.1, 0.15) is 5.76 Å². The second-order valence-electron chi connectivity index (χ2n) is 5.25. The van der Waals surface area contributed by atoms with Crippen LogP contribution in [0.2, 0.25) is 0 Å². The van der Waals surface area contributed by atoms with Crippen LogP contribution < -0.4 is 9.46 Å². The van der Waals surface area contributed by atoms with E-state index in [0.29, 0.717) is 5.69 Å². The largest absolute Gasteiger partial charge is 0.480 e. The molecule has 3 rings (SSSR count). The third-order valence-electron chi connectivity index (χ3n) is 3.37. The first-order valence-corrected chi connectivity index (χ1v) is 9.14. The minimum Gasteiger partial charge on any atom is -0.480 e. The lowest BCUT2D eigenvalue weighted by molar-refractivity contribution is -0.402. The summed E-state index contributed by atoms with van der Waals surface area (Å²) in [5, 5.41) is 18.0. The molecule has 12 heteroatoms. The minimum absolute atomic E-state index is 0.00213. The Hall–Kier alpha value is -3.80. The predicted molar refractivity (Wildman–Crippen MR) is 98.5 cm³/mol. The summed E-state index contributed by atoms with van der Waals surface area (Å²) in [7, 11) is -2.44. The van der Waals surface area contributed by atoms with Gasteiger partial charge in [-0.15, -0.1) is 10.2 Å². The van der Waals surface area contributed by atoms with Crippen LogP contribution in [0.5, 0.6) is 5.88 Å². The standard InChI is InChI=1S/C16H13N5O6S/c1-26-15-8-7-14(18-19-15)20-28(24,25)13-5-2-11(3-6-13)17-10-12-4-9-16(27-12)21(22)23/h2-10H,1H3,(H,18,20). The van der Waals surface area contributed by atoms with E-state index < -0.39 is 20.8 Å². The Balaban J connectivity index is 1.71. The zero-order chi connectivity index (χ0) is 20.1. The normalized spacial score (nSPS) is 11.5. The summed E-state index contributed by atoms with van der Waals surface area (Å²) in [4.78, 5) is 14.0. The first-order valence-electron chi connectivity index (χ1n) is 7.66. The van der Waals surface area contributed by atoms with Crippen LogP contribution >= 0.6 is 0 Å². The summed E-state index contributed by atoms with van der Waals surface area (Å²) in [6, 6.07) is 11.2. The van der Waals surface area contributed by atoms with Crippen molar-refractivity contribution in [1.29, 1.82) is 0 Å². The Morgan fingerprint density at radius 2 is 1.89 bits per heavy atom. The second kappa shape index (κ2) is 7.84. The van der Waals surface area contributed by atoms with Gasteiger partial charge in [0, 0.05) is 6.07 Å². The van der Waals surface area contributed by atoms with Crippen LogP contribution in [0.3, 0.4) is 0 Å². The SMILES string of the molecule is COc1ccc(NS(=O)(=O)c2ccc(N=Cc3ccc([N+](=O)[O-])o3)cc2)nn1. The number of furan rings is 1. The van der Waals surface area contributed by atoms with E-state index >= 15 is 0 Å². The van der Waals surface area contributed by atoms with Gasteiger partial charge in [-0.2, -0.15) is 0 Å². The smallest absolute Gasteiger partial charge is 0.433 e. The zero-order valence-corrected chi connectivity index (χ0v) is 15.2. The van der Waals surface area contributed by atoms with Crippen molar-refractivity contribution in [3.8, 4) is 5.88 Å². The van der Waals surface area contributed by atoms with Gasteiger partial charge >= 0.3 is 5.88 Å². The molecule has 1 aromatic carbocycles. The molecule has 0 unspecified atom stereocenters. The molecule has 0 atom stereocenters. The molecule has 0 spiro atoms. The van der Waals surface area contributed by atoms with Gasteiger partial charge in [-0.3, -0.25) is 19.8 Å². The number of aliphatic imine (C=N–C) groups is 1. The van der Waals surface area contributed by atoms with E-state index in [1.807, 2.05) is 0 Å². The van der Waals surface area contributed by atoms with E-state index in [9.17, 15) is 18.5 Å². The highest BCUT2D eigenvalue weighted by atomic mass is 32.2. The summed E-state index contributed by atoms with van der Waals surface area (Å²) >= 11 is 0. The topological polar surface area (TPSA) is 150 Å². The molecule has 11 nitrogen and oxygen atoms in total. The Bertz CT molecular complexity index is 1110. The molecule has 0 saturated carbocycles. The highest BCUT2D eigenvalue weighted by Gasteiger charge is 2.15. The van der Waals surface area contributed by atoms with Crippen molar-refractivity contribution in [2.45, 2.75) is 4.90 Å². The third-order valence-corrected chi connectivity index (χ3v) is 4.74. The number of rotatable bonds is 7. The van der Waals surface area contributed by atoms with Crippen LogP contribution in [0.25, 0.3) is 0 Å². The lowest BCUT2D eigenvalue weighted by atomic mass is 10.3. The molecule has 144 valence electrons. The van der Waals surface area contributed by atoms with Gasteiger partial charge in [0.25, 0.3) is 10.0 Å².